The van der Waals surface area contributed by atoms with Crippen LogP contribution in [0.1, 0.15) is 24.0 Å². The standard InChI is InChI=1S/C22H19ClF3N9O7/c23-19-29-14(27)10-15(30-19)35(7-28-10)16-11(36)21(39)12(40-16)13(21)42-20(18(37)38,17-31-33-34-32-17)5-4-8-2-1-3-9(6-8)41-22(24,25)26/h1-3,6-7,11-13,16,36,39H,4-5H2,(H,37,38)(H2,27,29,30)(H,31,32,33,34)/t11-,12+,13?,16+,20?,21-/m0/s1. The van der Waals surface area contributed by atoms with E-state index in [0.717, 1.165) is 12.1 Å². The number of imidazole rings is 1. The third-order valence-corrected chi connectivity index (χ3v) is 7.27. The minimum atomic E-state index is -4.93. The van der Waals surface area contributed by atoms with Crippen LogP contribution in [0.3, 0.4) is 0 Å². The molecule has 1 saturated carbocycles. The van der Waals surface area contributed by atoms with Crippen molar-refractivity contribution in [3.63, 3.8) is 0 Å². The van der Waals surface area contributed by atoms with E-state index in [1.54, 1.807) is 0 Å². The number of carbonyl (C=O) groups is 1. The highest BCUT2D eigenvalue weighted by atomic mass is 35.5. The van der Waals surface area contributed by atoms with E-state index in [1.807, 2.05) is 0 Å². The van der Waals surface area contributed by atoms with Crippen molar-refractivity contribution >= 4 is 34.6 Å². The number of anilines is 1. The Balaban J connectivity index is 1.25. The summed E-state index contributed by atoms with van der Waals surface area (Å²) in [6.45, 7) is 0. The Bertz CT molecular complexity index is 1660. The second-order valence-corrected chi connectivity index (χ2v) is 9.94. The molecule has 3 aromatic heterocycles. The van der Waals surface area contributed by atoms with Crippen molar-refractivity contribution in [1.29, 1.82) is 0 Å². The molecule has 6 rings (SSSR count). The van der Waals surface area contributed by atoms with Crippen LogP contribution in [0.5, 0.6) is 5.75 Å². The molecule has 2 aliphatic rings. The number of aromatic nitrogens is 8. The predicted molar refractivity (Wildman–Crippen MR) is 129 cm³/mol. The molecule has 2 fully saturated rings. The number of aliphatic hydroxyl groups is 2. The number of hydrogen-bond donors (Lipinski definition) is 5. The summed E-state index contributed by atoms with van der Waals surface area (Å²) in [5.41, 5.74) is 1.95. The Kier molecular flexibility index (Phi) is 6.46. The zero-order valence-electron chi connectivity index (χ0n) is 20.8. The minimum absolute atomic E-state index is 0.0243. The first-order valence-electron chi connectivity index (χ1n) is 12.0. The number of tetrazole rings is 1. The van der Waals surface area contributed by atoms with Crippen molar-refractivity contribution in [3.8, 4) is 5.75 Å². The summed E-state index contributed by atoms with van der Waals surface area (Å²) in [6.07, 6.45) is -9.74. The van der Waals surface area contributed by atoms with Crippen LogP contribution in [0.4, 0.5) is 19.0 Å². The van der Waals surface area contributed by atoms with Crippen molar-refractivity contribution in [2.45, 2.75) is 54.9 Å². The van der Waals surface area contributed by atoms with Crippen molar-refractivity contribution in [1.82, 2.24) is 40.1 Å². The van der Waals surface area contributed by atoms with Crippen molar-refractivity contribution < 1.29 is 47.5 Å². The number of ether oxygens (including phenoxy) is 3. The van der Waals surface area contributed by atoms with E-state index in [4.69, 9.17) is 26.8 Å². The molecule has 1 aliphatic heterocycles. The third kappa shape index (κ3) is 4.54. The SMILES string of the molecule is Nc1nc(Cl)nc2c1ncn2[C@@H]1O[C@@H]2C(OC(CCc3cccc(OC(F)(F)F)c3)(C(=O)O)c3nnn[nH]3)[C@]2(O)[C@H]1O. The van der Waals surface area contributed by atoms with Crippen LogP contribution in [-0.4, -0.2) is 91.7 Å². The fourth-order valence-electron chi connectivity index (χ4n) is 5.03. The molecule has 42 heavy (non-hydrogen) atoms. The van der Waals surface area contributed by atoms with Crippen molar-refractivity contribution in [3.05, 3.63) is 47.3 Å². The van der Waals surface area contributed by atoms with E-state index in [-0.39, 0.29) is 40.1 Å². The van der Waals surface area contributed by atoms with Gasteiger partial charge in [-0.2, -0.15) is 9.97 Å². The lowest BCUT2D eigenvalue weighted by atomic mass is 9.93. The van der Waals surface area contributed by atoms with Crippen LogP contribution in [0, 0.1) is 0 Å². The minimum Gasteiger partial charge on any atom is -0.479 e. The summed E-state index contributed by atoms with van der Waals surface area (Å²) in [5, 5.41) is 45.3. The molecule has 0 spiro atoms. The number of nitrogen functional groups attached to an aromatic ring is 1. The molecule has 1 saturated heterocycles. The molecule has 4 heterocycles. The van der Waals surface area contributed by atoms with Gasteiger partial charge in [0.05, 0.1) is 6.33 Å². The molecule has 20 heteroatoms. The summed E-state index contributed by atoms with van der Waals surface area (Å²) in [4.78, 5) is 24.6. The van der Waals surface area contributed by atoms with E-state index in [1.165, 1.54) is 23.0 Å². The monoisotopic (exact) mass is 613 g/mol. The molecule has 16 nitrogen and oxygen atoms in total. The van der Waals surface area contributed by atoms with Gasteiger partial charge in [0, 0.05) is 0 Å². The lowest BCUT2D eigenvalue weighted by molar-refractivity contribution is -0.274. The highest BCUT2D eigenvalue weighted by Gasteiger charge is 2.79. The number of carboxylic acid groups (broad SMARTS) is 1. The van der Waals surface area contributed by atoms with Crippen LogP contribution in [-0.2, 0) is 26.3 Å². The smallest absolute Gasteiger partial charge is 0.479 e. The highest BCUT2D eigenvalue weighted by Crippen LogP contribution is 2.57. The van der Waals surface area contributed by atoms with Gasteiger partial charge in [0.2, 0.25) is 10.9 Å². The number of benzene rings is 1. The molecule has 0 bridgehead atoms. The fourth-order valence-corrected chi connectivity index (χ4v) is 5.20. The predicted octanol–water partition coefficient (Wildman–Crippen LogP) is 0.475. The number of hydrogen-bond acceptors (Lipinski definition) is 13. The molecular weight excluding hydrogens is 595 g/mol. The maximum Gasteiger partial charge on any atom is 0.573 e. The highest BCUT2D eigenvalue weighted by molar-refractivity contribution is 6.28. The Hall–Kier alpha value is -4.17. The van der Waals surface area contributed by atoms with Gasteiger partial charge in [-0.05, 0) is 52.6 Å². The normalized spacial score (nSPS) is 26.6. The fraction of sp³-hybridized carbons (Fsp3) is 0.409. The average Bonchev–Trinajstić information content (AvgIpc) is 3.41. The number of halogens is 4. The summed E-state index contributed by atoms with van der Waals surface area (Å²) in [7, 11) is 0. The Labute approximate surface area is 236 Å². The van der Waals surface area contributed by atoms with Gasteiger partial charge in [-0.3, -0.25) is 4.57 Å². The number of aliphatic hydroxyl groups excluding tert-OH is 1. The summed E-state index contributed by atoms with van der Waals surface area (Å²) < 4.78 is 55.0. The van der Waals surface area contributed by atoms with Crippen molar-refractivity contribution in [2.75, 3.05) is 5.73 Å². The molecule has 2 unspecified atom stereocenters. The molecule has 0 amide bonds. The molecular formula is C22H19ClF3N9O7. The van der Waals surface area contributed by atoms with Gasteiger partial charge in [-0.15, -0.1) is 18.3 Å². The molecule has 4 aromatic rings. The topological polar surface area (TPSA) is 230 Å². The van der Waals surface area contributed by atoms with Gasteiger partial charge in [-0.25, -0.2) is 14.9 Å². The van der Waals surface area contributed by atoms with Crippen LogP contribution >= 0.6 is 11.6 Å². The van der Waals surface area contributed by atoms with E-state index < -0.39 is 60.2 Å². The second kappa shape index (κ2) is 9.70. The van der Waals surface area contributed by atoms with E-state index >= 15 is 0 Å². The largest absolute Gasteiger partial charge is 0.573 e. The first kappa shape index (κ1) is 28.0. The molecule has 0 radical (unpaired) electrons. The first-order valence-corrected chi connectivity index (χ1v) is 12.4. The summed E-state index contributed by atoms with van der Waals surface area (Å²) >= 11 is 5.90. The number of carboxylic acids is 1. The maximum atomic E-state index is 12.7. The van der Waals surface area contributed by atoms with Crippen LogP contribution in [0.15, 0.2) is 30.6 Å². The Morgan fingerprint density at radius 2 is 2.10 bits per heavy atom. The van der Waals surface area contributed by atoms with Crippen LogP contribution in [0.25, 0.3) is 11.2 Å². The number of aliphatic carboxylic acids is 1. The number of alkyl halides is 3. The number of nitrogens with one attached hydrogen (secondary N) is 1. The number of nitrogens with two attached hydrogens (primary N) is 1. The lowest BCUT2D eigenvalue weighted by Gasteiger charge is -2.30. The molecule has 6 N–H and O–H groups in total. The van der Waals surface area contributed by atoms with E-state index in [2.05, 4.69) is 40.3 Å². The van der Waals surface area contributed by atoms with Gasteiger partial charge in [0.25, 0.3) is 0 Å². The lowest BCUT2D eigenvalue weighted by Crippen LogP contribution is -2.45. The van der Waals surface area contributed by atoms with Gasteiger partial charge in [0.1, 0.15) is 29.6 Å². The molecule has 6 atom stereocenters. The van der Waals surface area contributed by atoms with Crippen LogP contribution in [0.2, 0.25) is 5.28 Å². The second-order valence-electron chi connectivity index (χ2n) is 9.60. The zero-order chi connectivity index (χ0) is 30.0. The summed E-state index contributed by atoms with van der Waals surface area (Å²) in [6, 6.07) is 4.95. The maximum absolute atomic E-state index is 12.7. The number of aromatic amines is 1. The molecule has 1 aromatic carbocycles. The Morgan fingerprint density at radius 1 is 1.31 bits per heavy atom. The van der Waals surface area contributed by atoms with Crippen LogP contribution < -0.4 is 10.5 Å². The molecule has 1 aliphatic carbocycles. The molecule has 222 valence electrons. The van der Waals surface area contributed by atoms with Gasteiger partial charge in [-0.1, -0.05) is 12.1 Å². The Morgan fingerprint density at radius 3 is 2.74 bits per heavy atom. The number of H-pyrrole nitrogens is 1. The average molecular weight is 614 g/mol. The zero-order valence-corrected chi connectivity index (χ0v) is 21.6. The number of fused-ring (bicyclic) bond motifs is 2. The van der Waals surface area contributed by atoms with Gasteiger partial charge in [0.15, 0.2) is 29.1 Å². The first-order chi connectivity index (χ1) is 19.8. The number of aryl methyl sites for hydroxylation is 1. The quantitative estimate of drug-likeness (QED) is 0.162. The van der Waals surface area contributed by atoms with E-state index in [0.29, 0.717) is 0 Å². The van der Waals surface area contributed by atoms with Gasteiger partial charge >= 0.3 is 12.3 Å². The van der Waals surface area contributed by atoms with Gasteiger partial charge < -0.3 is 35.3 Å². The summed E-state index contributed by atoms with van der Waals surface area (Å²) in [5.74, 6) is -2.47. The van der Waals surface area contributed by atoms with E-state index in [9.17, 15) is 33.3 Å². The van der Waals surface area contributed by atoms with Crippen molar-refractivity contribution in [2.24, 2.45) is 0 Å². The number of rotatable bonds is 9. The third-order valence-electron chi connectivity index (χ3n) is 7.10. The number of nitrogens with zero attached hydrogens (tertiary/aromatic N) is 7.